The van der Waals surface area contributed by atoms with Crippen LogP contribution in [0.1, 0.15) is 208 Å². The maximum absolute atomic E-state index is 4.47. The van der Waals surface area contributed by atoms with Gasteiger partial charge in [-0.25, -0.2) is 44.9 Å². The Morgan fingerprint density at radius 2 is 0.710 bits per heavy atom. The topological polar surface area (TPSA) is 274 Å². The quantitative estimate of drug-likeness (QED) is 0.148. The zero-order chi connectivity index (χ0) is 73.3. The molecule has 24 heteroatoms. The molecule has 93 heavy (non-hydrogen) atoms. The minimum absolute atomic E-state index is 0.833. The molecule has 0 unspecified atom stereocenters. The van der Waals surface area contributed by atoms with E-state index in [1.165, 1.54) is 92.7 Å². The Hall–Kier alpha value is -7.31. The van der Waals surface area contributed by atoms with Crippen molar-refractivity contribution in [1.29, 1.82) is 0 Å². The van der Waals surface area contributed by atoms with Gasteiger partial charge in [0, 0.05) is 48.8 Å². The van der Waals surface area contributed by atoms with Crippen LogP contribution < -0.4 is 0 Å². The van der Waals surface area contributed by atoms with Gasteiger partial charge < -0.3 is 18.3 Å². The van der Waals surface area contributed by atoms with E-state index in [4.69, 9.17) is 0 Å². The molecule has 1 N–H and O–H groups in total. The minimum atomic E-state index is 0.833. The van der Waals surface area contributed by atoms with Crippen LogP contribution in [0.4, 0.5) is 0 Å². The molecule has 10 heterocycles. The fourth-order valence-electron chi connectivity index (χ4n) is 1.88. The average Bonchev–Trinajstić information content (AvgIpc) is 4.35. The molecule has 0 atom stereocenters. The molecule has 532 valence electrons. The lowest BCUT2D eigenvalue weighted by atomic mass is 10.3. The van der Waals surface area contributed by atoms with Crippen molar-refractivity contribution in [1.82, 2.24) is 89.7 Å². The molecule has 10 rings (SSSR count). The highest BCUT2D eigenvalue weighted by Crippen LogP contribution is 1.87. The normalized spacial score (nSPS) is 8.43. The van der Waals surface area contributed by atoms with Crippen LogP contribution in [0.5, 0.6) is 0 Å². The van der Waals surface area contributed by atoms with Crippen LogP contribution in [0, 0.1) is 59.2 Å². The first kappa shape index (κ1) is 107. The monoisotopic (exact) mass is 1350 g/mol. The molecule has 0 saturated heterocycles. The van der Waals surface area contributed by atoms with Crippen LogP contribution in [0.3, 0.4) is 0 Å². The van der Waals surface area contributed by atoms with Gasteiger partial charge in [0.05, 0.1) is 18.0 Å². The zero-order valence-corrected chi connectivity index (χ0v) is 65.5. The van der Waals surface area contributed by atoms with E-state index >= 15 is 0 Å². The lowest BCUT2D eigenvalue weighted by Crippen LogP contribution is -1.73. The molecule has 21 nitrogen and oxygen atoms in total. The van der Waals surface area contributed by atoms with Gasteiger partial charge >= 0.3 is 0 Å². The van der Waals surface area contributed by atoms with Crippen molar-refractivity contribution in [2.24, 2.45) is 59.2 Å². The van der Waals surface area contributed by atoms with E-state index in [2.05, 4.69) is 311 Å². The Morgan fingerprint density at radius 1 is 0.290 bits per heavy atom. The molecule has 10 aromatic rings. The minimum Gasteiger partial charge on any atom is -0.452 e. The maximum atomic E-state index is 4.47. The van der Waals surface area contributed by atoms with Crippen molar-refractivity contribution >= 4 is 34.2 Å². The SMILES string of the molecule is CC(C)C.CC(C)C.CC(C)C.CC(C)C.CC(C)C.CC(C)C.CC(C)C.CC(C)C.CC(C)C.CC(C)C.c1c[nH]cn1.c1ccncc1.c1cncnc1.c1cocn1.c1cscn1.c1ncncn1.c1ncon1.c1ncsn1.c1nnco1.c1nncs1. The lowest BCUT2D eigenvalue weighted by molar-refractivity contribution is 0.416. The van der Waals surface area contributed by atoms with Gasteiger partial charge in [0.15, 0.2) is 12.7 Å². The summed E-state index contributed by atoms with van der Waals surface area (Å²) in [5.41, 5.74) is 6.83. The van der Waals surface area contributed by atoms with Gasteiger partial charge in [0.25, 0.3) is 0 Å². The number of hydrogen-bond donors (Lipinski definition) is 1. The van der Waals surface area contributed by atoms with Gasteiger partial charge in [-0.05, 0) is 88.9 Å². The number of rotatable bonds is 0. The van der Waals surface area contributed by atoms with Crippen LogP contribution in [0.2, 0.25) is 0 Å². The average molecular weight is 1360 g/mol. The Bertz CT molecular complexity index is 1680. The molecule has 0 spiro atoms. The summed E-state index contributed by atoms with van der Waals surface area (Å²) in [6.07, 6.45) is 30.7. The van der Waals surface area contributed by atoms with E-state index in [0.717, 1.165) is 59.2 Å². The summed E-state index contributed by atoms with van der Waals surface area (Å²) >= 11 is 4.44. The van der Waals surface area contributed by atoms with Crippen molar-refractivity contribution in [3.8, 4) is 0 Å². The van der Waals surface area contributed by atoms with E-state index < -0.39 is 0 Å². The third kappa shape index (κ3) is 277. The number of H-pyrrole nitrogens is 1. The van der Waals surface area contributed by atoms with E-state index in [1.807, 2.05) is 23.6 Å². The second-order valence-corrected chi connectivity index (χ2v) is 26.6. The van der Waals surface area contributed by atoms with Crippen LogP contribution in [-0.2, 0) is 0 Å². The van der Waals surface area contributed by atoms with Gasteiger partial charge in [-0.2, -0.15) is 4.37 Å². The van der Waals surface area contributed by atoms with Crippen molar-refractivity contribution < 1.29 is 13.4 Å². The predicted molar refractivity (Wildman–Crippen MR) is 397 cm³/mol. The molecule has 0 aliphatic carbocycles. The summed E-state index contributed by atoms with van der Waals surface area (Å²) in [6, 6.07) is 7.49. The molecule has 0 aliphatic heterocycles. The van der Waals surface area contributed by atoms with E-state index in [-0.39, 0.29) is 0 Å². The first-order valence-corrected chi connectivity index (χ1v) is 34.0. The second kappa shape index (κ2) is 104. The van der Waals surface area contributed by atoms with Gasteiger partial charge in [0.2, 0.25) is 19.2 Å². The standard InChI is InChI=1S/C5H5N.C4H4N2.10C4H10.C3H3N3.C3H4N2.C3H3NO.C3H3NS.2C2H2N2O.2C2H2N2S/c1-2-4-6-5-3-1;1-2-5-4-6-3-1;10*1-4(2)3;1-4-2-6-3-5-1;3*1-2-5-3-4-1;1-3-4-2-5-1;1-3-2-5-4-1;1-3-4-2-5-1;1-3-2-5-4-1/h1-5H;1-4H;10*4H,1-3H3;1-3H;1-3H,(H,4,5);2*1-3H;4*1-2H. The predicted octanol–water partition coefficient (Wildman–Crippen LogP) is 21.5. The fraction of sp³-hybridized carbons (Fsp3) is 0.580. The molecule has 0 fully saturated rings. The number of aromatic amines is 1. The first-order chi connectivity index (χ1) is 43.8. The number of nitrogens with zero attached hydrogens (tertiary/aromatic N) is 17. The highest BCUT2D eigenvalue weighted by molar-refractivity contribution is 7.07. The molecule has 0 bridgehead atoms. The Balaban J connectivity index is -0.0000000977. The highest BCUT2D eigenvalue weighted by Gasteiger charge is 1.73. The zero-order valence-electron chi connectivity index (χ0n) is 63.1. The second-order valence-electron chi connectivity index (χ2n) is 24.5. The summed E-state index contributed by atoms with van der Waals surface area (Å²) in [5.74, 6) is 8.33. The molecule has 0 aliphatic rings. The Morgan fingerprint density at radius 3 is 0.817 bits per heavy atom. The molecule has 0 aromatic carbocycles. The third-order valence-corrected chi connectivity index (χ3v) is 5.06. The number of nitrogens with one attached hydrogen (secondary N) is 1. The van der Waals surface area contributed by atoms with Gasteiger partial charge in [-0.3, -0.25) is 9.97 Å². The number of oxazole rings is 1. The van der Waals surface area contributed by atoms with Crippen LogP contribution in [0.25, 0.3) is 0 Å². The van der Waals surface area contributed by atoms with E-state index in [1.54, 1.807) is 95.3 Å². The molecule has 10 aromatic heterocycles. The number of thiazole rings is 1. The van der Waals surface area contributed by atoms with E-state index in [9.17, 15) is 0 Å². The molecular weight excluding hydrogens is 1230 g/mol. The summed E-state index contributed by atoms with van der Waals surface area (Å²) in [7, 11) is 0. The fourth-order valence-corrected chi connectivity index (χ4v) is 2.78. The number of imidazole rings is 1. The summed E-state index contributed by atoms with van der Waals surface area (Å²) in [5, 5.41) is 18.8. The van der Waals surface area contributed by atoms with Crippen molar-refractivity contribution in [2.45, 2.75) is 208 Å². The summed E-state index contributed by atoms with van der Waals surface area (Å²) in [6.45, 7) is 65.0. The van der Waals surface area contributed by atoms with Crippen LogP contribution in [-0.4, -0.2) is 89.7 Å². The van der Waals surface area contributed by atoms with Gasteiger partial charge in [-0.15, -0.1) is 43.1 Å². The molecular formula is C69H130N18O3S3. The molecule has 0 saturated carbocycles. The van der Waals surface area contributed by atoms with Crippen molar-refractivity contribution in [2.75, 3.05) is 0 Å². The van der Waals surface area contributed by atoms with Gasteiger partial charge in [0.1, 0.15) is 54.4 Å². The highest BCUT2D eigenvalue weighted by atomic mass is 32.1. The van der Waals surface area contributed by atoms with Crippen molar-refractivity contribution in [3.63, 3.8) is 0 Å². The molecule has 0 amide bonds. The summed E-state index contributed by atoms with van der Waals surface area (Å²) < 4.78 is 16.7. The molecule has 0 radical (unpaired) electrons. The number of hydrogen-bond acceptors (Lipinski definition) is 23. The van der Waals surface area contributed by atoms with Gasteiger partial charge in [-0.1, -0.05) is 219 Å². The van der Waals surface area contributed by atoms with Crippen molar-refractivity contribution in [3.05, 3.63) is 177 Å². The Labute approximate surface area is 578 Å². The lowest BCUT2D eigenvalue weighted by Gasteiger charge is -1.79. The number of aromatic nitrogens is 18. The largest absolute Gasteiger partial charge is 0.452 e. The van der Waals surface area contributed by atoms with Crippen LogP contribution in [0.15, 0.2) is 191 Å². The number of pyridine rings is 1. The van der Waals surface area contributed by atoms with E-state index in [0.29, 0.717) is 0 Å². The summed E-state index contributed by atoms with van der Waals surface area (Å²) in [4.78, 5) is 42.6. The Kier molecular flexibility index (Phi) is 119. The first-order valence-electron chi connectivity index (χ1n) is 31.2. The third-order valence-electron chi connectivity index (χ3n) is 3.68. The van der Waals surface area contributed by atoms with Crippen LogP contribution >= 0.6 is 34.2 Å². The maximum Gasteiger partial charge on any atom is 0.213 e. The smallest absolute Gasteiger partial charge is 0.213 e.